The summed E-state index contributed by atoms with van der Waals surface area (Å²) < 4.78 is 0. The van der Waals surface area contributed by atoms with E-state index in [1.807, 2.05) is 0 Å². The molecule has 0 bridgehead atoms. The van der Waals surface area contributed by atoms with Crippen LogP contribution in [-0.4, -0.2) is 17.0 Å². The summed E-state index contributed by atoms with van der Waals surface area (Å²) in [6, 6.07) is 0. The van der Waals surface area contributed by atoms with Crippen molar-refractivity contribution in [3.8, 4) is 0 Å². The second-order valence-corrected chi connectivity index (χ2v) is 15.6. The lowest BCUT2D eigenvalue weighted by Gasteiger charge is -2.73. The van der Waals surface area contributed by atoms with Crippen LogP contribution in [0.4, 0.5) is 0 Å². The van der Waals surface area contributed by atoms with Gasteiger partial charge in [-0.15, -0.1) is 0 Å². The lowest BCUT2D eigenvalue weighted by Crippen LogP contribution is -2.69. The Morgan fingerprint density at radius 2 is 1.41 bits per heavy atom. The first-order valence-electron chi connectivity index (χ1n) is 13.8. The summed E-state index contributed by atoms with van der Waals surface area (Å²) in [6.07, 6.45) is 11.4. The van der Waals surface area contributed by atoms with Crippen LogP contribution >= 0.6 is 0 Å². The molecule has 5 rings (SSSR count). The van der Waals surface area contributed by atoms with Gasteiger partial charge in [0.2, 0.25) is 0 Å². The highest BCUT2D eigenvalue weighted by molar-refractivity contribution is 5.84. The van der Waals surface area contributed by atoms with Crippen molar-refractivity contribution in [2.24, 2.45) is 56.2 Å². The second-order valence-electron chi connectivity index (χ2n) is 15.6. The molecule has 5 saturated carbocycles. The molecule has 5 fully saturated rings. The normalized spacial score (nSPS) is 56.4. The smallest absolute Gasteiger partial charge is 0.137 e. The number of hydrogen-bond acceptors (Lipinski definition) is 2. The molecule has 0 heterocycles. The first-order chi connectivity index (χ1) is 14.6. The zero-order valence-corrected chi connectivity index (χ0v) is 22.3. The van der Waals surface area contributed by atoms with Crippen molar-refractivity contribution < 1.29 is 9.90 Å². The van der Waals surface area contributed by atoms with Crippen LogP contribution in [-0.2, 0) is 4.79 Å². The number of carbonyl (C=O) groups excluding carboxylic acids is 1. The van der Waals surface area contributed by atoms with Crippen molar-refractivity contribution >= 4 is 5.78 Å². The third-order valence-corrected chi connectivity index (χ3v) is 13.4. The topological polar surface area (TPSA) is 37.3 Å². The maximum absolute atomic E-state index is 14.2. The van der Waals surface area contributed by atoms with Gasteiger partial charge in [0.05, 0.1) is 6.10 Å². The molecule has 32 heavy (non-hydrogen) atoms. The molecule has 0 aromatic rings. The maximum Gasteiger partial charge on any atom is 0.137 e. The molecule has 0 saturated heterocycles. The van der Waals surface area contributed by atoms with Crippen LogP contribution in [0.1, 0.15) is 120 Å². The van der Waals surface area contributed by atoms with Crippen LogP contribution in [0.2, 0.25) is 0 Å². The van der Waals surface area contributed by atoms with Gasteiger partial charge in [0, 0.05) is 12.3 Å². The number of Topliss-reactive ketones (excluding diaryl/α,β-unsaturated/α-hetero) is 1. The molecule has 0 aliphatic heterocycles. The fourth-order valence-electron chi connectivity index (χ4n) is 11.0. The Morgan fingerprint density at radius 1 is 0.750 bits per heavy atom. The van der Waals surface area contributed by atoms with E-state index in [0.717, 1.165) is 19.3 Å². The van der Waals surface area contributed by atoms with Crippen LogP contribution in [0.5, 0.6) is 0 Å². The lowest BCUT2D eigenvalue weighted by molar-refractivity contribution is -0.244. The van der Waals surface area contributed by atoms with E-state index in [1.165, 1.54) is 44.9 Å². The number of carbonyl (C=O) groups is 1. The van der Waals surface area contributed by atoms with E-state index in [-0.39, 0.29) is 33.7 Å². The summed E-state index contributed by atoms with van der Waals surface area (Å²) in [5, 5.41) is 10.9. The summed E-state index contributed by atoms with van der Waals surface area (Å²) in [5.41, 5.74) is 1.21. The number of aliphatic hydroxyl groups excluding tert-OH is 1. The molecule has 0 amide bonds. The average Bonchev–Trinajstić information content (AvgIpc) is 2.68. The molecule has 0 radical (unpaired) electrons. The number of hydrogen-bond donors (Lipinski definition) is 1. The third kappa shape index (κ3) is 2.77. The summed E-state index contributed by atoms with van der Waals surface area (Å²) in [5.74, 6) is 2.41. The van der Waals surface area contributed by atoms with Crippen molar-refractivity contribution in [1.82, 2.24) is 0 Å². The maximum atomic E-state index is 14.2. The SMILES string of the molecule is CC1(C)CC[C@]2(C)CC[C@]3(C)C(C(=O)C[C@@H]4[C@@]5(C)CC[C@H](O)C(C)(C)[C@@H]5CC[C@]43C)[C@@H]2C1. The quantitative estimate of drug-likeness (QED) is 0.423. The van der Waals surface area contributed by atoms with Crippen LogP contribution in [0.25, 0.3) is 0 Å². The summed E-state index contributed by atoms with van der Waals surface area (Å²) >= 11 is 0. The molecule has 0 spiro atoms. The van der Waals surface area contributed by atoms with Gasteiger partial charge in [-0.05, 0) is 108 Å². The van der Waals surface area contributed by atoms with Crippen molar-refractivity contribution in [2.45, 2.75) is 126 Å². The fraction of sp³-hybridized carbons (Fsp3) is 0.967. The Kier molecular flexibility index (Phi) is 4.85. The molecule has 2 heteroatoms. The van der Waals surface area contributed by atoms with Crippen molar-refractivity contribution in [3.63, 3.8) is 0 Å². The Bertz CT molecular complexity index is 812. The average molecular weight is 443 g/mol. The van der Waals surface area contributed by atoms with Crippen LogP contribution in [0, 0.1) is 56.2 Å². The van der Waals surface area contributed by atoms with Crippen molar-refractivity contribution in [2.75, 3.05) is 0 Å². The molecular weight excluding hydrogens is 392 g/mol. The van der Waals surface area contributed by atoms with E-state index in [4.69, 9.17) is 0 Å². The zero-order chi connectivity index (χ0) is 23.5. The standard InChI is InChI=1S/C30H50O2/c1-25(2)13-14-27(5)15-16-30(8)24(19(27)18-25)20(31)17-22-28(6)11-10-23(32)26(3,4)21(28)9-12-29(22,30)7/h19,21-24,32H,9-18H2,1-8H3/t19-,21-,22+,23-,24?,27+,28-,29+,30+/m0/s1. The number of fused-ring (bicyclic) bond motifs is 7. The minimum atomic E-state index is -0.201. The minimum Gasteiger partial charge on any atom is -0.393 e. The van der Waals surface area contributed by atoms with E-state index >= 15 is 0 Å². The van der Waals surface area contributed by atoms with Gasteiger partial charge in [-0.2, -0.15) is 0 Å². The highest BCUT2D eigenvalue weighted by atomic mass is 16.3. The van der Waals surface area contributed by atoms with E-state index < -0.39 is 0 Å². The van der Waals surface area contributed by atoms with Gasteiger partial charge in [0.25, 0.3) is 0 Å². The van der Waals surface area contributed by atoms with Gasteiger partial charge < -0.3 is 5.11 Å². The van der Waals surface area contributed by atoms with Crippen molar-refractivity contribution in [3.05, 3.63) is 0 Å². The Balaban J connectivity index is 1.57. The molecule has 0 aromatic carbocycles. The third-order valence-electron chi connectivity index (χ3n) is 13.4. The van der Waals surface area contributed by atoms with Gasteiger partial charge in [-0.3, -0.25) is 4.79 Å². The van der Waals surface area contributed by atoms with Gasteiger partial charge in [-0.1, -0.05) is 55.4 Å². The zero-order valence-electron chi connectivity index (χ0n) is 22.3. The van der Waals surface area contributed by atoms with E-state index in [9.17, 15) is 9.90 Å². The highest BCUT2D eigenvalue weighted by Crippen LogP contribution is 2.76. The predicted molar refractivity (Wildman–Crippen MR) is 131 cm³/mol. The summed E-state index contributed by atoms with van der Waals surface area (Å²) in [7, 11) is 0. The van der Waals surface area contributed by atoms with Gasteiger partial charge in [0.15, 0.2) is 0 Å². The predicted octanol–water partition coefficient (Wildman–Crippen LogP) is 7.43. The molecule has 1 N–H and O–H groups in total. The minimum absolute atomic E-state index is 0.0480. The van der Waals surface area contributed by atoms with Crippen molar-refractivity contribution in [1.29, 1.82) is 0 Å². The Labute approximate surface area is 197 Å². The molecule has 5 aliphatic carbocycles. The molecule has 5 aliphatic rings. The van der Waals surface area contributed by atoms with Gasteiger partial charge in [-0.25, -0.2) is 0 Å². The largest absolute Gasteiger partial charge is 0.393 e. The van der Waals surface area contributed by atoms with E-state index in [2.05, 4.69) is 55.4 Å². The summed E-state index contributed by atoms with van der Waals surface area (Å²) in [4.78, 5) is 14.2. The van der Waals surface area contributed by atoms with Crippen LogP contribution < -0.4 is 0 Å². The Hall–Kier alpha value is -0.370. The number of aliphatic hydroxyl groups is 1. The Morgan fingerprint density at radius 3 is 2.09 bits per heavy atom. The highest BCUT2D eigenvalue weighted by Gasteiger charge is 2.71. The monoisotopic (exact) mass is 442 g/mol. The molecular formula is C30H50O2. The first kappa shape index (κ1) is 23.4. The molecule has 1 unspecified atom stereocenters. The van der Waals surface area contributed by atoms with Gasteiger partial charge in [0.1, 0.15) is 5.78 Å². The van der Waals surface area contributed by atoms with Gasteiger partial charge >= 0.3 is 0 Å². The fourth-order valence-corrected chi connectivity index (χ4v) is 11.0. The number of rotatable bonds is 0. The lowest BCUT2D eigenvalue weighted by atomic mass is 9.31. The molecule has 182 valence electrons. The first-order valence-corrected chi connectivity index (χ1v) is 13.8. The second kappa shape index (κ2) is 6.64. The van der Waals surface area contributed by atoms with Crippen LogP contribution in [0.3, 0.4) is 0 Å². The van der Waals surface area contributed by atoms with E-state index in [0.29, 0.717) is 34.4 Å². The molecule has 9 atom stereocenters. The summed E-state index contributed by atoms with van der Waals surface area (Å²) in [6.45, 7) is 19.7. The molecule has 0 aromatic heterocycles. The van der Waals surface area contributed by atoms with Crippen LogP contribution in [0.15, 0.2) is 0 Å². The number of ketones is 1. The van der Waals surface area contributed by atoms with E-state index in [1.54, 1.807) is 0 Å². The molecule has 2 nitrogen and oxygen atoms in total.